The molecule has 0 amide bonds. The van der Waals surface area contributed by atoms with Gasteiger partial charge >= 0.3 is 0 Å². The maximum Gasteiger partial charge on any atom is 0.152 e. The second kappa shape index (κ2) is 5.55. The van der Waals surface area contributed by atoms with Gasteiger partial charge in [0.2, 0.25) is 0 Å². The molecule has 2 unspecified atom stereocenters. The minimum absolute atomic E-state index is 0.0102. The van der Waals surface area contributed by atoms with Crippen LogP contribution in [-0.2, 0) is 4.74 Å². The van der Waals surface area contributed by atoms with Crippen molar-refractivity contribution < 1.29 is 4.74 Å². The van der Waals surface area contributed by atoms with E-state index in [1.165, 1.54) is 6.33 Å². The Morgan fingerprint density at radius 2 is 2.38 bits per heavy atom. The second-order valence-electron chi connectivity index (χ2n) is 6.59. The first-order valence-corrected chi connectivity index (χ1v) is 8.27. The number of aromatic nitrogens is 6. The lowest BCUT2D eigenvalue weighted by atomic mass is 9.97. The molecule has 2 atom stereocenters. The third-order valence-electron chi connectivity index (χ3n) is 4.77. The molecule has 4 rings (SSSR count). The van der Waals surface area contributed by atoms with Crippen molar-refractivity contribution in [2.75, 3.05) is 5.73 Å². The van der Waals surface area contributed by atoms with Gasteiger partial charge in [-0.25, -0.2) is 9.50 Å². The van der Waals surface area contributed by atoms with Gasteiger partial charge in [-0.1, -0.05) is 13.3 Å². The first kappa shape index (κ1) is 15.1. The minimum Gasteiger partial charge on any atom is -0.382 e. The molecule has 0 saturated carbocycles. The lowest BCUT2D eigenvalue weighted by Gasteiger charge is -2.24. The fraction of sp³-hybridized carbons (Fsp3) is 0.500. The lowest BCUT2D eigenvalue weighted by molar-refractivity contribution is -0.0373. The monoisotopic (exact) mass is 327 g/mol. The van der Waals surface area contributed by atoms with E-state index < -0.39 is 0 Å². The molecule has 4 heterocycles. The molecule has 3 aromatic rings. The maximum atomic E-state index is 6.39. The molecule has 3 aromatic heterocycles. The smallest absolute Gasteiger partial charge is 0.152 e. The Morgan fingerprint density at radius 3 is 3.12 bits per heavy atom. The van der Waals surface area contributed by atoms with Crippen LogP contribution in [0.4, 0.5) is 5.82 Å². The Bertz CT molecular complexity index is 857. The molecule has 8 heteroatoms. The van der Waals surface area contributed by atoms with Crippen molar-refractivity contribution in [1.82, 2.24) is 30.0 Å². The Hall–Kier alpha value is -2.48. The van der Waals surface area contributed by atoms with Gasteiger partial charge in [0.05, 0.1) is 17.5 Å². The van der Waals surface area contributed by atoms with E-state index in [1.54, 1.807) is 6.20 Å². The van der Waals surface area contributed by atoms with Crippen molar-refractivity contribution >= 4 is 11.3 Å². The third-order valence-corrected chi connectivity index (χ3v) is 4.77. The number of anilines is 1. The van der Waals surface area contributed by atoms with Crippen LogP contribution < -0.4 is 5.73 Å². The van der Waals surface area contributed by atoms with E-state index in [0.29, 0.717) is 5.82 Å². The Labute approximate surface area is 139 Å². The minimum atomic E-state index is -0.0732. The molecule has 0 aliphatic carbocycles. The third kappa shape index (κ3) is 2.34. The van der Waals surface area contributed by atoms with Crippen LogP contribution in [0.3, 0.4) is 0 Å². The van der Waals surface area contributed by atoms with Crippen molar-refractivity contribution in [3.05, 3.63) is 24.3 Å². The summed E-state index contributed by atoms with van der Waals surface area (Å²) in [6.07, 6.45) is 7.30. The molecule has 1 aliphatic rings. The predicted molar refractivity (Wildman–Crippen MR) is 89.1 cm³/mol. The van der Waals surface area contributed by atoms with Gasteiger partial charge in [-0.2, -0.15) is 20.5 Å². The van der Waals surface area contributed by atoms with E-state index >= 15 is 0 Å². The maximum absolute atomic E-state index is 6.39. The summed E-state index contributed by atoms with van der Waals surface area (Å²) in [5.41, 5.74) is 9.34. The Balaban J connectivity index is 1.81. The first-order valence-electron chi connectivity index (χ1n) is 8.27. The summed E-state index contributed by atoms with van der Waals surface area (Å²) in [4.78, 5) is 4.12. The van der Waals surface area contributed by atoms with Gasteiger partial charge in [0.1, 0.15) is 23.6 Å². The van der Waals surface area contributed by atoms with Gasteiger partial charge in [0, 0.05) is 5.56 Å². The molecule has 0 radical (unpaired) electrons. The summed E-state index contributed by atoms with van der Waals surface area (Å²) >= 11 is 0. The number of nitrogen functional groups attached to an aromatic ring is 1. The molecule has 1 aliphatic heterocycles. The van der Waals surface area contributed by atoms with Gasteiger partial charge in [0.25, 0.3) is 0 Å². The van der Waals surface area contributed by atoms with Crippen LogP contribution in [0.1, 0.15) is 51.3 Å². The summed E-state index contributed by atoms with van der Waals surface area (Å²) in [6.45, 7) is 4.37. The van der Waals surface area contributed by atoms with Gasteiger partial charge in [-0.05, 0) is 32.3 Å². The zero-order valence-corrected chi connectivity index (χ0v) is 13.9. The van der Waals surface area contributed by atoms with Crippen molar-refractivity contribution in [3.8, 4) is 11.3 Å². The molecule has 0 bridgehead atoms. The second-order valence-corrected chi connectivity index (χ2v) is 6.59. The molecule has 24 heavy (non-hydrogen) atoms. The van der Waals surface area contributed by atoms with Gasteiger partial charge in [-0.15, -0.1) is 0 Å². The Kier molecular flexibility index (Phi) is 3.49. The van der Waals surface area contributed by atoms with Crippen molar-refractivity contribution in [3.63, 3.8) is 0 Å². The highest BCUT2D eigenvalue weighted by atomic mass is 16.5. The average Bonchev–Trinajstić information content (AvgIpc) is 3.25. The number of nitrogens with zero attached hydrogens (tertiary/aromatic N) is 5. The summed E-state index contributed by atoms with van der Waals surface area (Å²) in [5, 5.41) is 15.1. The number of fused-ring (bicyclic) bond motifs is 1. The van der Waals surface area contributed by atoms with E-state index in [-0.39, 0.29) is 11.7 Å². The number of hydrogen-bond acceptors (Lipinski definition) is 6. The quantitative estimate of drug-likeness (QED) is 0.762. The van der Waals surface area contributed by atoms with E-state index in [2.05, 4.69) is 39.3 Å². The number of hydrogen-bond donors (Lipinski definition) is 2. The summed E-state index contributed by atoms with van der Waals surface area (Å²) in [7, 11) is 0. The van der Waals surface area contributed by atoms with E-state index in [4.69, 9.17) is 10.5 Å². The van der Waals surface area contributed by atoms with E-state index in [0.717, 1.165) is 48.2 Å². The highest BCUT2D eigenvalue weighted by Gasteiger charge is 2.37. The molecule has 8 nitrogen and oxygen atoms in total. The molecule has 3 N–H and O–H groups in total. The van der Waals surface area contributed by atoms with Crippen molar-refractivity contribution in [2.45, 2.75) is 51.2 Å². The Morgan fingerprint density at radius 1 is 1.50 bits per heavy atom. The molecule has 0 spiro atoms. The summed E-state index contributed by atoms with van der Waals surface area (Å²) in [6, 6.07) is 2.04. The van der Waals surface area contributed by atoms with Crippen LogP contribution in [0.5, 0.6) is 0 Å². The highest BCUT2D eigenvalue weighted by molar-refractivity contribution is 5.86. The number of rotatable bonds is 4. The number of ether oxygens (including phenoxy) is 1. The van der Waals surface area contributed by atoms with Crippen LogP contribution in [0.25, 0.3) is 16.8 Å². The number of aromatic amines is 1. The fourth-order valence-corrected chi connectivity index (χ4v) is 3.67. The van der Waals surface area contributed by atoms with Crippen molar-refractivity contribution in [1.29, 1.82) is 0 Å². The van der Waals surface area contributed by atoms with Crippen LogP contribution >= 0.6 is 0 Å². The lowest BCUT2D eigenvalue weighted by Crippen LogP contribution is -2.23. The first-order chi connectivity index (χ1) is 11.6. The zero-order chi connectivity index (χ0) is 16.7. The topological polar surface area (TPSA) is 107 Å². The molecule has 0 aromatic carbocycles. The number of nitrogens with one attached hydrogen (secondary N) is 1. The van der Waals surface area contributed by atoms with E-state index in [1.807, 2.05) is 10.6 Å². The molecule has 1 saturated heterocycles. The zero-order valence-electron chi connectivity index (χ0n) is 13.9. The summed E-state index contributed by atoms with van der Waals surface area (Å²) < 4.78 is 8.22. The normalized spacial score (nSPS) is 24.0. The van der Waals surface area contributed by atoms with Crippen LogP contribution in [0.2, 0.25) is 0 Å². The van der Waals surface area contributed by atoms with Gasteiger partial charge in [0.15, 0.2) is 5.82 Å². The predicted octanol–water partition coefficient (Wildman–Crippen LogP) is 2.51. The largest absolute Gasteiger partial charge is 0.382 e. The molecule has 1 fully saturated rings. The molecular formula is C16H21N7O. The van der Waals surface area contributed by atoms with Crippen LogP contribution in [0.15, 0.2) is 18.6 Å². The van der Waals surface area contributed by atoms with Crippen LogP contribution in [-0.4, -0.2) is 35.6 Å². The van der Waals surface area contributed by atoms with Crippen molar-refractivity contribution in [2.24, 2.45) is 0 Å². The van der Waals surface area contributed by atoms with Gasteiger partial charge < -0.3 is 10.5 Å². The standard InChI is InChI=1S/C16H21N7O/c1-3-5-16(2)6-4-13(24-16)12-7-10(11-8-19-22-21-11)14-15(17)18-9-20-23(12)14/h7-9,13H,3-6H2,1-2H3,(H2,17,18,20)(H,19,21,22). The molecule has 126 valence electrons. The van der Waals surface area contributed by atoms with Gasteiger partial charge in [-0.3, -0.25) is 0 Å². The fourth-order valence-electron chi connectivity index (χ4n) is 3.67. The van der Waals surface area contributed by atoms with Crippen LogP contribution in [0, 0.1) is 0 Å². The van der Waals surface area contributed by atoms with E-state index in [9.17, 15) is 0 Å². The highest BCUT2D eigenvalue weighted by Crippen LogP contribution is 2.43. The SMILES string of the molecule is CCCC1(C)CCC(c2cc(-c3cn[nH]n3)c3c(N)ncnn23)O1. The summed E-state index contributed by atoms with van der Waals surface area (Å²) in [5.74, 6) is 0.420. The average molecular weight is 327 g/mol. The number of nitrogens with two attached hydrogens (primary N) is 1. The molecular weight excluding hydrogens is 306 g/mol. The number of H-pyrrole nitrogens is 1.